The average Bonchev–Trinajstić information content (AvgIpc) is 2.64. The van der Waals surface area contributed by atoms with Crippen LogP contribution in [-0.2, 0) is 6.42 Å². The molecule has 1 fully saturated rings. The van der Waals surface area contributed by atoms with Gasteiger partial charge in [0.15, 0.2) is 0 Å². The summed E-state index contributed by atoms with van der Waals surface area (Å²) in [5, 5.41) is 2.86. The van der Waals surface area contributed by atoms with Crippen LogP contribution in [0.3, 0.4) is 0 Å². The number of anilines is 1. The zero-order valence-corrected chi connectivity index (χ0v) is 16.4. The van der Waals surface area contributed by atoms with Gasteiger partial charge >= 0.3 is 0 Å². The first kappa shape index (κ1) is 16.8. The lowest BCUT2D eigenvalue weighted by Gasteiger charge is -2.33. The summed E-state index contributed by atoms with van der Waals surface area (Å²) < 4.78 is 2.01. The zero-order chi connectivity index (χ0) is 17.2. The monoisotopic (exact) mass is 413 g/mol. The van der Waals surface area contributed by atoms with Gasteiger partial charge in [-0.25, -0.2) is 0 Å². The van der Waals surface area contributed by atoms with Crippen LogP contribution in [0.25, 0.3) is 10.1 Å². The first-order chi connectivity index (χ1) is 12.2. The van der Waals surface area contributed by atoms with Crippen LogP contribution in [-0.4, -0.2) is 13.1 Å². The summed E-state index contributed by atoms with van der Waals surface area (Å²) in [5.41, 5.74) is 2.45. The second kappa shape index (κ2) is 7.30. The molecule has 0 spiro atoms. The van der Waals surface area contributed by atoms with Crippen molar-refractivity contribution in [3.8, 4) is 0 Å². The van der Waals surface area contributed by atoms with E-state index < -0.39 is 0 Å². The molecule has 2 nitrogen and oxygen atoms in total. The molecular formula is C21H20BrNOS. The van der Waals surface area contributed by atoms with Gasteiger partial charge in [-0.1, -0.05) is 46.3 Å². The molecule has 0 N–H and O–H groups in total. The minimum absolute atomic E-state index is 0.163. The van der Waals surface area contributed by atoms with Crippen molar-refractivity contribution in [3.63, 3.8) is 0 Å². The van der Waals surface area contributed by atoms with Gasteiger partial charge in [0.05, 0.1) is 5.69 Å². The molecule has 0 saturated carbocycles. The fraction of sp³-hybridized carbons (Fsp3) is 0.286. The number of piperidine rings is 1. The Morgan fingerprint density at radius 3 is 2.60 bits per heavy atom. The molecule has 4 heteroatoms. The number of fused-ring (bicyclic) bond motifs is 1. The highest BCUT2D eigenvalue weighted by Gasteiger charge is 2.22. The van der Waals surface area contributed by atoms with Crippen molar-refractivity contribution in [2.75, 3.05) is 18.0 Å². The highest BCUT2D eigenvalue weighted by Crippen LogP contribution is 2.28. The molecule has 3 aromatic rings. The standard InChI is InChI=1S/C21H20BrNOS/c22-17-6-7-20-18(13-17)21(24)19(14-25-20)23-10-8-16(9-11-23)12-15-4-2-1-3-5-15/h1-7,13-14,16H,8-12H2. The van der Waals surface area contributed by atoms with Crippen LogP contribution in [0.1, 0.15) is 18.4 Å². The molecule has 0 aliphatic carbocycles. The van der Waals surface area contributed by atoms with Crippen molar-refractivity contribution in [3.05, 3.63) is 74.2 Å². The van der Waals surface area contributed by atoms with Crippen molar-refractivity contribution in [2.24, 2.45) is 5.92 Å². The molecule has 128 valence electrons. The predicted molar refractivity (Wildman–Crippen MR) is 111 cm³/mol. The molecule has 0 radical (unpaired) electrons. The Morgan fingerprint density at radius 1 is 1.08 bits per heavy atom. The molecule has 1 aromatic heterocycles. The Bertz CT molecular complexity index is 930. The lowest BCUT2D eigenvalue weighted by molar-refractivity contribution is 0.403. The Kier molecular flexibility index (Phi) is 4.91. The Morgan fingerprint density at radius 2 is 1.84 bits per heavy atom. The maximum absolute atomic E-state index is 12.9. The minimum atomic E-state index is 0.163. The molecule has 4 rings (SSSR count). The topological polar surface area (TPSA) is 20.3 Å². The highest BCUT2D eigenvalue weighted by atomic mass is 79.9. The van der Waals surface area contributed by atoms with E-state index in [9.17, 15) is 4.79 Å². The second-order valence-electron chi connectivity index (χ2n) is 6.71. The smallest absolute Gasteiger partial charge is 0.211 e. The summed E-state index contributed by atoms with van der Waals surface area (Å²) in [6.07, 6.45) is 3.44. The first-order valence-electron chi connectivity index (χ1n) is 8.70. The molecule has 0 amide bonds. The zero-order valence-electron chi connectivity index (χ0n) is 14.0. The maximum Gasteiger partial charge on any atom is 0.211 e. The van der Waals surface area contributed by atoms with E-state index in [1.807, 2.05) is 23.6 Å². The third-order valence-electron chi connectivity index (χ3n) is 5.04. The first-order valence-corrected chi connectivity index (χ1v) is 10.4. The molecule has 1 saturated heterocycles. The van der Waals surface area contributed by atoms with Crippen LogP contribution >= 0.6 is 27.3 Å². The van der Waals surface area contributed by atoms with Crippen LogP contribution in [0.2, 0.25) is 0 Å². The van der Waals surface area contributed by atoms with Gasteiger partial charge in [-0.2, -0.15) is 0 Å². The Balaban J connectivity index is 1.50. The van der Waals surface area contributed by atoms with Crippen LogP contribution in [0, 0.1) is 5.92 Å². The molecule has 2 heterocycles. The highest BCUT2D eigenvalue weighted by molar-refractivity contribution is 9.10. The molecule has 1 aliphatic rings. The van der Waals surface area contributed by atoms with Crippen LogP contribution in [0.4, 0.5) is 5.69 Å². The largest absolute Gasteiger partial charge is 0.368 e. The number of halogens is 1. The third-order valence-corrected chi connectivity index (χ3v) is 6.48. The molecule has 1 aliphatic heterocycles. The minimum Gasteiger partial charge on any atom is -0.368 e. The van der Waals surface area contributed by atoms with Crippen molar-refractivity contribution < 1.29 is 0 Å². The van der Waals surface area contributed by atoms with Crippen molar-refractivity contribution in [1.29, 1.82) is 0 Å². The lowest BCUT2D eigenvalue weighted by atomic mass is 9.90. The molecule has 25 heavy (non-hydrogen) atoms. The Labute approximate surface area is 160 Å². The van der Waals surface area contributed by atoms with Crippen molar-refractivity contribution in [1.82, 2.24) is 0 Å². The summed E-state index contributed by atoms with van der Waals surface area (Å²) in [6, 6.07) is 16.7. The quantitative estimate of drug-likeness (QED) is 0.566. The third kappa shape index (κ3) is 3.65. The number of hydrogen-bond acceptors (Lipinski definition) is 3. The average molecular weight is 414 g/mol. The maximum atomic E-state index is 12.9. The van der Waals surface area contributed by atoms with E-state index in [1.54, 1.807) is 11.3 Å². The van der Waals surface area contributed by atoms with Gasteiger partial charge < -0.3 is 4.90 Å². The molecule has 0 atom stereocenters. The van der Waals surface area contributed by atoms with Crippen LogP contribution in [0.5, 0.6) is 0 Å². The van der Waals surface area contributed by atoms with E-state index in [-0.39, 0.29) is 5.43 Å². The van der Waals surface area contributed by atoms with E-state index >= 15 is 0 Å². The van der Waals surface area contributed by atoms with Gasteiger partial charge in [-0.05, 0) is 48.9 Å². The molecule has 2 aromatic carbocycles. The van der Waals surface area contributed by atoms with E-state index in [0.29, 0.717) is 5.92 Å². The molecule has 0 bridgehead atoms. The lowest BCUT2D eigenvalue weighted by Crippen LogP contribution is -2.36. The van der Waals surface area contributed by atoms with E-state index in [4.69, 9.17) is 0 Å². The van der Waals surface area contributed by atoms with Crippen LogP contribution < -0.4 is 10.3 Å². The van der Waals surface area contributed by atoms with Crippen LogP contribution in [0.15, 0.2) is 63.2 Å². The van der Waals surface area contributed by atoms with Gasteiger partial charge in [0.2, 0.25) is 5.43 Å². The summed E-state index contributed by atoms with van der Waals surface area (Å²) in [6.45, 7) is 1.94. The summed E-state index contributed by atoms with van der Waals surface area (Å²) >= 11 is 5.14. The summed E-state index contributed by atoms with van der Waals surface area (Å²) in [4.78, 5) is 15.2. The predicted octanol–water partition coefficient (Wildman–Crippen LogP) is 5.48. The van der Waals surface area contributed by atoms with E-state index in [1.165, 1.54) is 5.56 Å². The number of hydrogen-bond donors (Lipinski definition) is 0. The van der Waals surface area contributed by atoms with Gasteiger partial charge in [0, 0.05) is 33.0 Å². The Hall–Kier alpha value is -1.65. The SMILES string of the molecule is O=c1c(N2CCC(Cc3ccccc3)CC2)csc2ccc(Br)cc12. The number of benzene rings is 2. The fourth-order valence-corrected chi connectivity index (χ4v) is 4.92. The van der Waals surface area contributed by atoms with Gasteiger partial charge in [0.1, 0.15) is 0 Å². The molecular weight excluding hydrogens is 394 g/mol. The van der Waals surface area contributed by atoms with E-state index in [2.05, 4.69) is 51.2 Å². The van der Waals surface area contributed by atoms with Crippen molar-refractivity contribution in [2.45, 2.75) is 19.3 Å². The number of nitrogens with zero attached hydrogens (tertiary/aromatic N) is 1. The van der Waals surface area contributed by atoms with Gasteiger partial charge in [-0.3, -0.25) is 4.79 Å². The number of rotatable bonds is 3. The molecule has 0 unspecified atom stereocenters. The van der Waals surface area contributed by atoms with Crippen molar-refractivity contribution >= 4 is 43.0 Å². The summed E-state index contributed by atoms with van der Waals surface area (Å²) in [7, 11) is 0. The summed E-state index contributed by atoms with van der Waals surface area (Å²) in [5.74, 6) is 0.715. The second-order valence-corrected chi connectivity index (χ2v) is 8.54. The normalized spacial score (nSPS) is 15.6. The van der Waals surface area contributed by atoms with Gasteiger partial charge in [0.25, 0.3) is 0 Å². The van der Waals surface area contributed by atoms with Gasteiger partial charge in [-0.15, -0.1) is 11.3 Å². The fourth-order valence-electron chi connectivity index (χ4n) is 3.64. The van der Waals surface area contributed by atoms with E-state index in [0.717, 1.165) is 52.6 Å².